The molecule has 1 aromatic heterocycles. The Hall–Kier alpha value is -1.96. The number of aromatic nitrogens is 2. The fourth-order valence-corrected chi connectivity index (χ4v) is 2.78. The molecular weight excluding hydrogens is 262 g/mol. The van der Waals surface area contributed by atoms with Crippen LogP contribution in [0, 0.1) is 28.9 Å². The molecule has 0 spiro atoms. The van der Waals surface area contributed by atoms with Crippen LogP contribution in [0.2, 0.25) is 0 Å². The van der Waals surface area contributed by atoms with Gasteiger partial charge in [-0.05, 0) is 31.6 Å². The van der Waals surface area contributed by atoms with Crippen LogP contribution < -0.4 is 11.1 Å². The second-order valence-corrected chi connectivity index (χ2v) is 5.14. The smallest absolute Gasteiger partial charge is 0.332 e. The van der Waals surface area contributed by atoms with Gasteiger partial charge in [0.2, 0.25) is 11.8 Å². The molecule has 0 radical (unpaired) electrons. The number of hydrogen-bond acceptors (Lipinski definition) is 7. The van der Waals surface area contributed by atoms with Crippen LogP contribution in [-0.2, 0) is 0 Å². The number of nitrogens with one attached hydrogen (secondary N) is 1. The average Bonchev–Trinajstić information content (AvgIpc) is 2.82. The Kier molecular flexibility index (Phi) is 4.33. The van der Waals surface area contributed by atoms with Crippen molar-refractivity contribution in [3.63, 3.8) is 0 Å². The van der Waals surface area contributed by atoms with E-state index in [1.54, 1.807) is 0 Å². The zero-order chi connectivity index (χ0) is 14.7. The molecule has 2 atom stereocenters. The molecule has 2 unspecified atom stereocenters. The summed E-state index contributed by atoms with van der Waals surface area (Å²) in [4.78, 5) is 18.3. The first kappa shape index (κ1) is 14.4. The number of anilines is 2. The molecule has 0 aromatic carbocycles. The summed E-state index contributed by atoms with van der Waals surface area (Å²) in [6, 6.07) is 0. The highest BCUT2D eigenvalue weighted by Crippen LogP contribution is 2.32. The van der Waals surface area contributed by atoms with Crippen molar-refractivity contribution < 1.29 is 10.0 Å². The number of nitro groups is 1. The molecule has 1 saturated carbocycles. The molecule has 8 nitrogen and oxygen atoms in total. The topological polar surface area (TPSA) is 127 Å². The Balaban J connectivity index is 2.14. The maximum Gasteiger partial charge on any atom is 0.332 e. The van der Waals surface area contributed by atoms with Gasteiger partial charge in [-0.25, -0.2) is 4.98 Å². The van der Waals surface area contributed by atoms with E-state index in [0.29, 0.717) is 12.5 Å². The highest BCUT2D eigenvalue weighted by Gasteiger charge is 2.28. The predicted molar refractivity (Wildman–Crippen MR) is 74.2 cm³/mol. The molecule has 1 heterocycles. The van der Waals surface area contributed by atoms with Crippen LogP contribution in [0.1, 0.15) is 25.0 Å². The molecule has 0 amide bonds. The Morgan fingerprint density at radius 3 is 2.80 bits per heavy atom. The highest BCUT2D eigenvalue weighted by atomic mass is 16.6. The van der Waals surface area contributed by atoms with Crippen LogP contribution in [0.3, 0.4) is 0 Å². The molecule has 0 aliphatic heterocycles. The van der Waals surface area contributed by atoms with Crippen LogP contribution in [0.4, 0.5) is 17.5 Å². The Bertz CT molecular complexity index is 508. The van der Waals surface area contributed by atoms with Gasteiger partial charge in [0.1, 0.15) is 5.69 Å². The monoisotopic (exact) mass is 281 g/mol. The quantitative estimate of drug-likeness (QED) is 0.544. The van der Waals surface area contributed by atoms with Crippen molar-refractivity contribution in [2.45, 2.75) is 26.2 Å². The van der Waals surface area contributed by atoms with Crippen LogP contribution >= 0.6 is 0 Å². The van der Waals surface area contributed by atoms with E-state index in [4.69, 9.17) is 5.73 Å². The molecule has 0 bridgehead atoms. The SMILES string of the molecule is Cc1nc(N)nc(NCC2CCCC2CO)c1[N+](=O)[O-]. The first-order valence-corrected chi connectivity index (χ1v) is 6.66. The van der Waals surface area contributed by atoms with E-state index >= 15 is 0 Å². The van der Waals surface area contributed by atoms with Crippen molar-refractivity contribution in [2.75, 3.05) is 24.2 Å². The van der Waals surface area contributed by atoms with Gasteiger partial charge < -0.3 is 16.2 Å². The lowest BCUT2D eigenvalue weighted by atomic mass is 9.97. The zero-order valence-electron chi connectivity index (χ0n) is 11.4. The number of hydrogen-bond donors (Lipinski definition) is 3. The lowest BCUT2D eigenvalue weighted by Gasteiger charge is -2.18. The van der Waals surface area contributed by atoms with E-state index in [1.807, 2.05) is 0 Å². The minimum atomic E-state index is -0.505. The second kappa shape index (κ2) is 6.00. The second-order valence-electron chi connectivity index (χ2n) is 5.14. The van der Waals surface area contributed by atoms with Gasteiger partial charge in [0.05, 0.1) is 4.92 Å². The van der Waals surface area contributed by atoms with Gasteiger partial charge in [0.25, 0.3) is 0 Å². The third-order valence-corrected chi connectivity index (χ3v) is 3.84. The normalized spacial score (nSPS) is 21.9. The van der Waals surface area contributed by atoms with E-state index in [9.17, 15) is 15.2 Å². The number of aliphatic hydroxyl groups excluding tert-OH is 1. The molecule has 8 heteroatoms. The summed E-state index contributed by atoms with van der Waals surface area (Å²) in [5.41, 5.74) is 5.65. The molecule has 1 aliphatic rings. The van der Waals surface area contributed by atoms with Crippen LogP contribution in [0.15, 0.2) is 0 Å². The van der Waals surface area contributed by atoms with E-state index < -0.39 is 4.92 Å². The Morgan fingerprint density at radius 1 is 1.45 bits per heavy atom. The van der Waals surface area contributed by atoms with Crippen LogP contribution in [0.5, 0.6) is 0 Å². The van der Waals surface area contributed by atoms with E-state index in [0.717, 1.165) is 19.3 Å². The third kappa shape index (κ3) is 2.96. The Morgan fingerprint density at radius 2 is 2.15 bits per heavy atom. The average molecular weight is 281 g/mol. The van der Waals surface area contributed by atoms with Crippen molar-refractivity contribution >= 4 is 17.5 Å². The molecule has 20 heavy (non-hydrogen) atoms. The van der Waals surface area contributed by atoms with Gasteiger partial charge in [-0.2, -0.15) is 4.98 Å². The fraction of sp³-hybridized carbons (Fsp3) is 0.667. The van der Waals surface area contributed by atoms with Gasteiger partial charge in [-0.15, -0.1) is 0 Å². The molecular formula is C12H19N5O3. The number of aliphatic hydroxyl groups is 1. The summed E-state index contributed by atoms with van der Waals surface area (Å²) in [7, 11) is 0. The molecule has 1 aliphatic carbocycles. The molecule has 110 valence electrons. The van der Waals surface area contributed by atoms with E-state index in [-0.39, 0.29) is 35.7 Å². The summed E-state index contributed by atoms with van der Waals surface area (Å²) in [6.45, 7) is 2.23. The van der Waals surface area contributed by atoms with Crippen molar-refractivity contribution in [3.8, 4) is 0 Å². The summed E-state index contributed by atoms with van der Waals surface area (Å²) in [6.07, 6.45) is 3.08. The first-order chi connectivity index (χ1) is 9.52. The number of nitrogen functional groups attached to an aromatic ring is 1. The standard InChI is InChI=1S/C12H19N5O3/c1-7-10(17(19)20)11(16-12(13)15-7)14-5-8-3-2-4-9(8)6-18/h8-9,18H,2-6H2,1H3,(H3,13,14,15,16). The van der Waals surface area contributed by atoms with Gasteiger partial charge in [0, 0.05) is 13.2 Å². The lowest BCUT2D eigenvalue weighted by molar-refractivity contribution is -0.385. The van der Waals surface area contributed by atoms with Gasteiger partial charge in [-0.1, -0.05) is 6.42 Å². The number of nitrogens with zero attached hydrogens (tertiary/aromatic N) is 3. The molecule has 4 N–H and O–H groups in total. The third-order valence-electron chi connectivity index (χ3n) is 3.84. The Labute approximate surface area is 116 Å². The minimum absolute atomic E-state index is 0.0146. The highest BCUT2D eigenvalue weighted by molar-refractivity contribution is 5.60. The van der Waals surface area contributed by atoms with E-state index in [2.05, 4.69) is 15.3 Å². The van der Waals surface area contributed by atoms with Crippen molar-refractivity contribution in [1.29, 1.82) is 0 Å². The van der Waals surface area contributed by atoms with Gasteiger partial charge in [-0.3, -0.25) is 10.1 Å². The fourth-order valence-electron chi connectivity index (χ4n) is 2.78. The predicted octanol–water partition coefficient (Wildman–Crippen LogP) is 1.10. The van der Waals surface area contributed by atoms with Gasteiger partial charge >= 0.3 is 5.69 Å². The summed E-state index contributed by atoms with van der Waals surface area (Å²) in [5, 5.41) is 23.4. The van der Waals surface area contributed by atoms with Crippen LogP contribution in [-0.4, -0.2) is 33.1 Å². The van der Waals surface area contributed by atoms with Crippen molar-refractivity contribution in [1.82, 2.24) is 9.97 Å². The van der Waals surface area contributed by atoms with Gasteiger partial charge in [0.15, 0.2) is 0 Å². The maximum atomic E-state index is 11.1. The minimum Gasteiger partial charge on any atom is -0.396 e. The van der Waals surface area contributed by atoms with Crippen molar-refractivity contribution in [3.05, 3.63) is 15.8 Å². The molecule has 2 rings (SSSR count). The summed E-state index contributed by atoms with van der Waals surface area (Å²) in [5.74, 6) is 0.724. The molecule has 1 fully saturated rings. The number of nitrogens with two attached hydrogens (primary N) is 1. The van der Waals surface area contributed by atoms with Crippen molar-refractivity contribution in [2.24, 2.45) is 11.8 Å². The molecule has 0 saturated heterocycles. The molecule has 1 aromatic rings. The summed E-state index contributed by atoms with van der Waals surface area (Å²) >= 11 is 0. The maximum absolute atomic E-state index is 11.1. The largest absolute Gasteiger partial charge is 0.396 e. The van der Waals surface area contributed by atoms with Crippen LogP contribution in [0.25, 0.3) is 0 Å². The lowest BCUT2D eigenvalue weighted by Crippen LogP contribution is -2.22. The number of aryl methyl sites for hydroxylation is 1. The first-order valence-electron chi connectivity index (χ1n) is 6.66. The van der Waals surface area contributed by atoms with E-state index in [1.165, 1.54) is 6.92 Å². The number of rotatable bonds is 5. The zero-order valence-corrected chi connectivity index (χ0v) is 11.4. The summed E-state index contributed by atoms with van der Waals surface area (Å²) < 4.78 is 0.